The van der Waals surface area contributed by atoms with Crippen LogP contribution in [-0.2, 0) is 11.3 Å². The Bertz CT molecular complexity index is 441. The van der Waals surface area contributed by atoms with Gasteiger partial charge in [0.2, 0.25) is 5.91 Å². The van der Waals surface area contributed by atoms with Gasteiger partial charge in [-0.05, 0) is 11.5 Å². The zero-order valence-corrected chi connectivity index (χ0v) is 10.8. The molecule has 0 saturated carbocycles. The summed E-state index contributed by atoms with van der Waals surface area (Å²) in [4.78, 5) is 11.7. The van der Waals surface area contributed by atoms with Crippen LogP contribution in [0.1, 0.15) is 26.3 Å². The van der Waals surface area contributed by atoms with Crippen LogP contribution in [0.2, 0.25) is 0 Å². The van der Waals surface area contributed by atoms with Gasteiger partial charge >= 0.3 is 0 Å². The van der Waals surface area contributed by atoms with Crippen LogP contribution in [0.3, 0.4) is 0 Å². The lowest BCUT2D eigenvalue weighted by Gasteiger charge is -2.25. The summed E-state index contributed by atoms with van der Waals surface area (Å²) in [5.41, 5.74) is 5.61. The van der Waals surface area contributed by atoms with Crippen molar-refractivity contribution in [3.05, 3.63) is 35.4 Å². The predicted octanol–water partition coefficient (Wildman–Crippen LogP) is 1.95. The van der Waals surface area contributed by atoms with E-state index in [1.807, 2.05) is 20.8 Å². The number of carbonyl (C=O) groups is 1. The van der Waals surface area contributed by atoms with E-state index in [0.29, 0.717) is 0 Å². The largest absolute Gasteiger partial charge is 0.351 e. The molecule has 1 amide bonds. The summed E-state index contributed by atoms with van der Waals surface area (Å²) >= 11 is 0. The second-order valence-corrected chi connectivity index (χ2v) is 5.30. The normalized spacial score (nSPS) is 13.2. The molecule has 1 rings (SSSR count). The molecule has 0 bridgehead atoms. The van der Waals surface area contributed by atoms with Gasteiger partial charge in [-0.25, -0.2) is 8.78 Å². The number of nitrogens with two attached hydrogens (primary N) is 1. The van der Waals surface area contributed by atoms with Gasteiger partial charge in [-0.3, -0.25) is 4.79 Å². The Kier molecular flexibility index (Phi) is 4.40. The van der Waals surface area contributed by atoms with Crippen molar-refractivity contribution < 1.29 is 13.6 Å². The summed E-state index contributed by atoms with van der Waals surface area (Å²) < 4.78 is 26.0. The highest BCUT2D eigenvalue weighted by atomic mass is 19.1. The molecule has 3 nitrogen and oxygen atoms in total. The lowest BCUT2D eigenvalue weighted by atomic mass is 9.87. The highest BCUT2D eigenvalue weighted by Crippen LogP contribution is 2.17. The molecule has 0 fully saturated rings. The fourth-order valence-corrected chi connectivity index (χ4v) is 1.35. The number of hydrogen-bond donors (Lipinski definition) is 2. The lowest BCUT2D eigenvalue weighted by molar-refractivity contribution is -0.124. The number of benzene rings is 1. The van der Waals surface area contributed by atoms with Gasteiger partial charge in [0.05, 0.1) is 6.04 Å². The molecule has 1 unspecified atom stereocenters. The topological polar surface area (TPSA) is 55.1 Å². The van der Waals surface area contributed by atoms with Crippen LogP contribution in [0, 0.1) is 17.0 Å². The average molecular weight is 256 g/mol. The van der Waals surface area contributed by atoms with Gasteiger partial charge in [0.1, 0.15) is 11.6 Å². The van der Waals surface area contributed by atoms with Crippen molar-refractivity contribution in [2.75, 3.05) is 0 Å². The van der Waals surface area contributed by atoms with Crippen molar-refractivity contribution >= 4 is 5.91 Å². The number of halogens is 2. The van der Waals surface area contributed by atoms with Crippen molar-refractivity contribution in [1.29, 1.82) is 0 Å². The molecule has 3 N–H and O–H groups in total. The van der Waals surface area contributed by atoms with E-state index >= 15 is 0 Å². The van der Waals surface area contributed by atoms with Gasteiger partial charge in [-0.2, -0.15) is 0 Å². The Labute approximate surface area is 105 Å². The Hall–Kier alpha value is -1.49. The minimum Gasteiger partial charge on any atom is -0.351 e. The van der Waals surface area contributed by atoms with E-state index in [9.17, 15) is 13.6 Å². The van der Waals surface area contributed by atoms with Gasteiger partial charge in [-0.15, -0.1) is 0 Å². The first kappa shape index (κ1) is 14.6. The molecule has 0 heterocycles. The second-order valence-electron chi connectivity index (χ2n) is 5.30. The summed E-state index contributed by atoms with van der Waals surface area (Å²) in [7, 11) is 0. The minimum absolute atomic E-state index is 0.00523. The van der Waals surface area contributed by atoms with Gasteiger partial charge in [-0.1, -0.05) is 26.8 Å². The van der Waals surface area contributed by atoms with Crippen LogP contribution >= 0.6 is 0 Å². The quantitative estimate of drug-likeness (QED) is 0.868. The fourth-order valence-electron chi connectivity index (χ4n) is 1.35. The zero-order chi connectivity index (χ0) is 13.9. The Balaban J connectivity index is 2.63. The monoisotopic (exact) mass is 256 g/mol. The molecule has 1 aromatic carbocycles. The summed E-state index contributed by atoms with van der Waals surface area (Å²) in [5, 5.41) is 2.54. The highest BCUT2D eigenvalue weighted by Gasteiger charge is 2.27. The SMILES string of the molecule is CC(C)(C)C(N)C(=O)NCc1ccc(F)cc1F. The molecule has 0 aliphatic heterocycles. The summed E-state index contributed by atoms with van der Waals surface area (Å²) in [6, 6.07) is 2.55. The third kappa shape index (κ3) is 3.77. The minimum atomic E-state index is -0.681. The average Bonchev–Trinajstić information content (AvgIpc) is 2.25. The number of carbonyl (C=O) groups excluding carboxylic acids is 1. The zero-order valence-electron chi connectivity index (χ0n) is 10.8. The summed E-state index contributed by atoms with van der Waals surface area (Å²) in [6.07, 6.45) is 0. The molecule has 0 aliphatic carbocycles. The smallest absolute Gasteiger partial charge is 0.237 e. The molecule has 0 radical (unpaired) electrons. The highest BCUT2D eigenvalue weighted by molar-refractivity contribution is 5.82. The first-order valence-corrected chi connectivity index (χ1v) is 5.69. The van der Waals surface area contributed by atoms with E-state index < -0.39 is 17.7 Å². The van der Waals surface area contributed by atoms with Crippen LogP contribution in [0.5, 0.6) is 0 Å². The number of rotatable bonds is 3. The summed E-state index contributed by atoms with van der Waals surface area (Å²) in [5.74, 6) is -1.68. The maximum Gasteiger partial charge on any atom is 0.237 e. The van der Waals surface area contributed by atoms with Crippen LogP contribution in [0.15, 0.2) is 18.2 Å². The molecule has 0 aliphatic rings. The first-order chi connectivity index (χ1) is 8.21. The standard InChI is InChI=1S/C13H18F2N2O/c1-13(2,3)11(16)12(18)17-7-8-4-5-9(14)6-10(8)15/h4-6,11H,7,16H2,1-3H3,(H,17,18). The fraction of sp³-hybridized carbons (Fsp3) is 0.462. The van der Waals surface area contributed by atoms with Gasteiger partial charge in [0.15, 0.2) is 0 Å². The first-order valence-electron chi connectivity index (χ1n) is 5.69. The van der Waals surface area contributed by atoms with Crippen molar-refractivity contribution in [2.24, 2.45) is 11.1 Å². The molecule has 0 saturated heterocycles. The maximum absolute atomic E-state index is 13.3. The molecule has 1 atom stereocenters. The molecule has 0 aromatic heterocycles. The van der Waals surface area contributed by atoms with Crippen molar-refractivity contribution in [2.45, 2.75) is 33.4 Å². The van der Waals surface area contributed by atoms with E-state index in [0.717, 1.165) is 12.1 Å². The van der Waals surface area contributed by atoms with Gasteiger partial charge < -0.3 is 11.1 Å². The van der Waals surface area contributed by atoms with Gasteiger partial charge in [0.25, 0.3) is 0 Å². The van der Waals surface area contributed by atoms with E-state index in [4.69, 9.17) is 5.73 Å². The molecule has 1 aromatic rings. The maximum atomic E-state index is 13.3. The molecule has 0 spiro atoms. The van der Waals surface area contributed by atoms with Crippen molar-refractivity contribution in [3.8, 4) is 0 Å². The van der Waals surface area contributed by atoms with Crippen LogP contribution in [-0.4, -0.2) is 11.9 Å². The molecule has 5 heteroatoms. The third-order valence-corrected chi connectivity index (χ3v) is 2.68. The molecule has 18 heavy (non-hydrogen) atoms. The third-order valence-electron chi connectivity index (χ3n) is 2.68. The van der Waals surface area contributed by atoms with E-state index in [2.05, 4.69) is 5.32 Å². The number of nitrogens with one attached hydrogen (secondary N) is 1. The Morgan fingerprint density at radius 3 is 2.50 bits per heavy atom. The molecule has 100 valence electrons. The molecular formula is C13H18F2N2O. The Morgan fingerprint density at radius 1 is 1.39 bits per heavy atom. The Morgan fingerprint density at radius 2 is 2.00 bits per heavy atom. The van der Waals surface area contributed by atoms with E-state index in [1.54, 1.807) is 0 Å². The second kappa shape index (κ2) is 5.44. The van der Waals surface area contributed by atoms with Crippen LogP contribution in [0.4, 0.5) is 8.78 Å². The van der Waals surface area contributed by atoms with Crippen molar-refractivity contribution in [1.82, 2.24) is 5.32 Å². The number of amides is 1. The molecular weight excluding hydrogens is 238 g/mol. The van der Waals surface area contributed by atoms with Crippen LogP contribution < -0.4 is 11.1 Å². The summed E-state index contributed by atoms with van der Waals surface area (Å²) in [6.45, 7) is 5.52. The van der Waals surface area contributed by atoms with E-state index in [1.165, 1.54) is 6.07 Å². The predicted molar refractivity (Wildman–Crippen MR) is 65.6 cm³/mol. The van der Waals surface area contributed by atoms with Crippen molar-refractivity contribution in [3.63, 3.8) is 0 Å². The van der Waals surface area contributed by atoms with Gasteiger partial charge in [0, 0.05) is 18.2 Å². The number of hydrogen-bond acceptors (Lipinski definition) is 2. The lowest BCUT2D eigenvalue weighted by Crippen LogP contribution is -2.48. The van der Waals surface area contributed by atoms with Crippen LogP contribution in [0.25, 0.3) is 0 Å². The van der Waals surface area contributed by atoms with E-state index in [-0.39, 0.29) is 23.4 Å².